The molecule has 0 radical (unpaired) electrons. The van der Waals surface area contributed by atoms with E-state index in [2.05, 4.69) is 5.43 Å². The second-order valence-electron chi connectivity index (χ2n) is 1.61. The number of nitrogens with one attached hydrogen (secondary N) is 1. The second kappa shape index (κ2) is 1.98. The van der Waals surface area contributed by atoms with Crippen molar-refractivity contribution in [2.75, 3.05) is 6.54 Å². The second-order valence-corrected chi connectivity index (χ2v) is 3.08. The molecule has 0 aromatic rings. The van der Waals surface area contributed by atoms with E-state index in [9.17, 15) is 8.42 Å². The van der Waals surface area contributed by atoms with Crippen molar-refractivity contribution in [3.05, 3.63) is 12.3 Å². The van der Waals surface area contributed by atoms with E-state index in [0.29, 0.717) is 6.54 Å². The van der Waals surface area contributed by atoms with Gasteiger partial charge in [0, 0.05) is 6.20 Å². The summed E-state index contributed by atoms with van der Waals surface area (Å²) < 4.78 is 21.8. The summed E-state index contributed by atoms with van der Waals surface area (Å²) >= 11 is 0. The van der Waals surface area contributed by atoms with E-state index in [1.165, 1.54) is 6.20 Å². The summed E-state index contributed by atoms with van der Waals surface area (Å²) in [4.78, 5) is 0. The smallest absolute Gasteiger partial charge is 0.294 e. The molecule has 52 valence electrons. The minimum absolute atomic E-state index is 0.304. The lowest BCUT2D eigenvalue weighted by atomic mass is 10.7. The summed E-state index contributed by atoms with van der Waals surface area (Å²) in [5.41, 5.74) is 2.44. The molecule has 0 atom stereocenters. The summed E-state index contributed by atoms with van der Waals surface area (Å²) in [5, 5.41) is 4.74. The van der Waals surface area contributed by atoms with Crippen LogP contribution in [0.2, 0.25) is 0 Å². The van der Waals surface area contributed by atoms with Crippen LogP contribution in [0.15, 0.2) is 12.3 Å². The molecule has 0 saturated heterocycles. The lowest BCUT2D eigenvalue weighted by Gasteiger charge is -2.10. The molecule has 0 amide bonds. The average Bonchev–Trinajstić information content (AvgIpc) is 2.08. The summed E-state index contributed by atoms with van der Waals surface area (Å²) in [7, 11) is -3.54. The first kappa shape index (κ1) is 6.53. The van der Waals surface area contributed by atoms with Crippen molar-refractivity contribution in [3.8, 4) is 0 Å². The van der Waals surface area contributed by atoms with Crippen LogP contribution >= 0.6 is 0 Å². The molecule has 0 saturated carbocycles. The van der Waals surface area contributed by atoms with Gasteiger partial charge in [0.25, 0.3) is 10.2 Å². The third-order valence-electron chi connectivity index (χ3n) is 0.915. The Labute approximate surface area is 53.3 Å². The number of nitrogens with zero attached hydrogens (tertiary/aromatic N) is 1. The fourth-order valence-electron chi connectivity index (χ4n) is 0.514. The van der Waals surface area contributed by atoms with Gasteiger partial charge in [0.1, 0.15) is 0 Å². The molecule has 5 nitrogen and oxygen atoms in total. The molecule has 0 unspecified atom stereocenters. The van der Waals surface area contributed by atoms with Gasteiger partial charge >= 0.3 is 0 Å². The van der Waals surface area contributed by atoms with Gasteiger partial charge < -0.3 is 5.43 Å². The monoisotopic (exact) mass is 149 g/mol. The molecular weight excluding hydrogens is 142 g/mol. The van der Waals surface area contributed by atoms with Crippen LogP contribution in [0.1, 0.15) is 0 Å². The van der Waals surface area contributed by atoms with Crippen LogP contribution in [0.4, 0.5) is 0 Å². The highest BCUT2D eigenvalue weighted by atomic mass is 32.2. The standard InChI is InChI=1S/C3H7N3O2S/c4-9(7,8)6-3-1-2-5-6/h1-2,5H,3H2,(H2,4,7,8). The van der Waals surface area contributed by atoms with Crippen molar-refractivity contribution in [2.24, 2.45) is 5.14 Å². The number of hydrogen-bond acceptors (Lipinski definition) is 3. The Morgan fingerprint density at radius 1 is 1.67 bits per heavy atom. The Bertz CT molecular complexity index is 211. The molecular formula is C3H7N3O2S. The summed E-state index contributed by atoms with van der Waals surface area (Å²) in [6.07, 6.45) is 3.18. The van der Waals surface area contributed by atoms with E-state index >= 15 is 0 Å². The molecule has 0 fully saturated rings. The first-order chi connectivity index (χ1) is 4.11. The minimum Gasteiger partial charge on any atom is -0.312 e. The van der Waals surface area contributed by atoms with Crippen LogP contribution in [0, 0.1) is 0 Å². The summed E-state index contributed by atoms with van der Waals surface area (Å²) in [6.45, 7) is 0.304. The van der Waals surface area contributed by atoms with Crippen LogP contribution in [-0.4, -0.2) is 19.4 Å². The molecule has 6 heteroatoms. The zero-order chi connectivity index (χ0) is 6.91. The highest BCUT2D eigenvalue weighted by Crippen LogP contribution is 1.94. The Morgan fingerprint density at radius 2 is 2.33 bits per heavy atom. The molecule has 1 rings (SSSR count). The quantitative estimate of drug-likeness (QED) is 0.477. The van der Waals surface area contributed by atoms with Gasteiger partial charge in [-0.05, 0) is 0 Å². The third kappa shape index (κ3) is 1.41. The zero-order valence-corrected chi connectivity index (χ0v) is 5.43. The van der Waals surface area contributed by atoms with Gasteiger partial charge in [-0.2, -0.15) is 8.42 Å². The Morgan fingerprint density at radius 3 is 2.56 bits per heavy atom. The first-order valence-corrected chi connectivity index (χ1v) is 3.82. The van der Waals surface area contributed by atoms with Crippen molar-refractivity contribution in [1.82, 2.24) is 9.84 Å². The van der Waals surface area contributed by atoms with E-state index in [4.69, 9.17) is 5.14 Å². The van der Waals surface area contributed by atoms with Gasteiger partial charge in [-0.25, -0.2) is 5.14 Å². The van der Waals surface area contributed by atoms with E-state index in [1.54, 1.807) is 6.08 Å². The molecule has 1 aliphatic rings. The van der Waals surface area contributed by atoms with E-state index in [0.717, 1.165) is 4.41 Å². The van der Waals surface area contributed by atoms with Crippen LogP contribution < -0.4 is 10.6 Å². The highest BCUT2D eigenvalue weighted by molar-refractivity contribution is 7.86. The maximum atomic E-state index is 10.4. The largest absolute Gasteiger partial charge is 0.312 e. The van der Waals surface area contributed by atoms with Crippen molar-refractivity contribution < 1.29 is 8.42 Å². The molecule has 3 N–H and O–H groups in total. The normalized spacial score (nSPS) is 20.1. The first-order valence-electron chi connectivity index (χ1n) is 2.32. The minimum atomic E-state index is -3.54. The molecule has 0 bridgehead atoms. The topological polar surface area (TPSA) is 75.4 Å². The molecule has 1 heterocycles. The Balaban J connectivity index is 2.68. The maximum absolute atomic E-state index is 10.4. The molecule has 9 heavy (non-hydrogen) atoms. The summed E-state index contributed by atoms with van der Waals surface area (Å²) in [5.74, 6) is 0. The number of hydrogen-bond donors (Lipinski definition) is 2. The average molecular weight is 149 g/mol. The van der Waals surface area contributed by atoms with Gasteiger partial charge in [0.05, 0.1) is 6.54 Å². The Hall–Kier alpha value is -0.590. The van der Waals surface area contributed by atoms with Gasteiger partial charge in [0.2, 0.25) is 0 Å². The predicted octanol–water partition coefficient (Wildman–Crippen LogP) is -1.48. The van der Waals surface area contributed by atoms with Crippen molar-refractivity contribution >= 4 is 10.2 Å². The van der Waals surface area contributed by atoms with Crippen LogP contribution in [0.3, 0.4) is 0 Å². The maximum Gasteiger partial charge on any atom is 0.294 e. The predicted molar refractivity (Wildman–Crippen MR) is 32.1 cm³/mol. The number of nitrogens with two attached hydrogens (primary N) is 1. The van der Waals surface area contributed by atoms with Gasteiger partial charge in [-0.3, -0.25) is 0 Å². The van der Waals surface area contributed by atoms with E-state index in [-0.39, 0.29) is 0 Å². The van der Waals surface area contributed by atoms with Crippen molar-refractivity contribution in [3.63, 3.8) is 0 Å². The van der Waals surface area contributed by atoms with Gasteiger partial charge in [0.15, 0.2) is 0 Å². The molecule has 0 aromatic carbocycles. The lowest BCUT2D eigenvalue weighted by molar-refractivity contribution is 0.415. The van der Waals surface area contributed by atoms with Crippen LogP contribution in [0.5, 0.6) is 0 Å². The van der Waals surface area contributed by atoms with E-state index < -0.39 is 10.2 Å². The van der Waals surface area contributed by atoms with Gasteiger partial charge in [-0.15, -0.1) is 0 Å². The fourth-order valence-corrected chi connectivity index (χ4v) is 1.02. The zero-order valence-electron chi connectivity index (χ0n) is 4.61. The lowest BCUT2D eigenvalue weighted by Crippen LogP contribution is -2.40. The van der Waals surface area contributed by atoms with E-state index in [1.807, 2.05) is 0 Å². The molecule has 0 aliphatic carbocycles. The Kier molecular flexibility index (Phi) is 1.43. The SMILES string of the molecule is NS(=O)(=O)N1CC=CN1. The number of rotatable bonds is 1. The van der Waals surface area contributed by atoms with Crippen LogP contribution in [-0.2, 0) is 10.2 Å². The molecule has 0 spiro atoms. The number of hydrazine groups is 1. The van der Waals surface area contributed by atoms with Gasteiger partial charge in [-0.1, -0.05) is 10.5 Å². The van der Waals surface area contributed by atoms with Crippen molar-refractivity contribution in [1.29, 1.82) is 0 Å². The van der Waals surface area contributed by atoms with Crippen LogP contribution in [0.25, 0.3) is 0 Å². The fraction of sp³-hybridized carbons (Fsp3) is 0.333. The van der Waals surface area contributed by atoms with Crippen molar-refractivity contribution in [2.45, 2.75) is 0 Å². The molecule has 0 aromatic heterocycles. The summed E-state index contributed by atoms with van der Waals surface area (Å²) in [6, 6.07) is 0. The molecule has 1 aliphatic heterocycles. The highest BCUT2D eigenvalue weighted by Gasteiger charge is 2.16. The third-order valence-corrected chi connectivity index (χ3v) is 1.78.